The number of hydrogen-bond acceptors (Lipinski definition) is 2. The second-order valence-electron chi connectivity index (χ2n) is 6.14. The molecular formula is C18H14BrFO3. The van der Waals surface area contributed by atoms with Crippen molar-refractivity contribution in [1.82, 2.24) is 0 Å². The molecule has 2 aromatic rings. The summed E-state index contributed by atoms with van der Waals surface area (Å²) >= 11 is 3.32. The van der Waals surface area contributed by atoms with Crippen LogP contribution in [0.5, 0.6) is 5.75 Å². The predicted molar refractivity (Wildman–Crippen MR) is 85.9 cm³/mol. The number of ether oxygens (including phenoxy) is 1. The fraction of sp³-hybridized carbons (Fsp3) is 0.278. The number of fused-ring (bicyclic) bond motifs is 3. The van der Waals surface area contributed by atoms with Gasteiger partial charge >= 0.3 is 5.97 Å². The first-order chi connectivity index (χ1) is 11.0. The van der Waals surface area contributed by atoms with Gasteiger partial charge in [0.05, 0.1) is 5.92 Å². The van der Waals surface area contributed by atoms with Gasteiger partial charge in [-0.15, -0.1) is 0 Å². The molecule has 0 spiro atoms. The minimum Gasteiger partial charge on any atom is -0.489 e. The standard InChI is InChI=1S/C18H14BrFO3/c19-11-1-4-15(20)10(5-11)8-23-12-2-3-13-9(6-12)7-14-16(13)17(14)18(21)22/h1-6,14,16-17H,7-8H2,(H,21,22)/t14-,16+,17+/m1/s1. The molecule has 2 aromatic carbocycles. The largest absolute Gasteiger partial charge is 0.489 e. The van der Waals surface area contributed by atoms with Crippen LogP contribution in [0.2, 0.25) is 0 Å². The Kier molecular flexibility index (Phi) is 3.41. The van der Waals surface area contributed by atoms with Crippen LogP contribution in [0.4, 0.5) is 4.39 Å². The molecule has 0 unspecified atom stereocenters. The molecule has 0 bridgehead atoms. The second-order valence-corrected chi connectivity index (χ2v) is 7.06. The normalized spacial score (nSPS) is 24.0. The quantitative estimate of drug-likeness (QED) is 0.872. The molecule has 118 valence electrons. The van der Waals surface area contributed by atoms with Crippen molar-refractivity contribution < 1.29 is 19.0 Å². The van der Waals surface area contributed by atoms with E-state index in [1.807, 2.05) is 18.2 Å². The molecule has 2 aliphatic rings. The predicted octanol–water partition coefficient (Wildman–Crippen LogP) is 4.14. The van der Waals surface area contributed by atoms with Gasteiger partial charge in [-0.05, 0) is 53.8 Å². The summed E-state index contributed by atoms with van der Waals surface area (Å²) in [6.07, 6.45) is 0.791. The number of aliphatic carboxylic acids is 1. The SMILES string of the molecule is O=C(O)[C@H]1[C@@H]2Cc3cc(OCc4cc(Br)ccc4F)ccc3[C@@H]21. The van der Waals surface area contributed by atoms with E-state index in [4.69, 9.17) is 9.84 Å². The number of rotatable bonds is 4. The molecule has 0 saturated heterocycles. The van der Waals surface area contributed by atoms with Gasteiger partial charge in [-0.3, -0.25) is 4.79 Å². The molecule has 5 heteroatoms. The van der Waals surface area contributed by atoms with Crippen molar-refractivity contribution in [2.24, 2.45) is 11.8 Å². The van der Waals surface area contributed by atoms with Crippen LogP contribution in [0, 0.1) is 17.7 Å². The second kappa shape index (κ2) is 5.34. The van der Waals surface area contributed by atoms with E-state index in [-0.39, 0.29) is 30.2 Å². The summed E-state index contributed by atoms with van der Waals surface area (Å²) in [6, 6.07) is 10.5. The molecule has 3 nitrogen and oxygen atoms in total. The molecule has 1 saturated carbocycles. The highest BCUT2D eigenvalue weighted by Crippen LogP contribution is 2.61. The minimum atomic E-state index is -0.698. The van der Waals surface area contributed by atoms with E-state index in [9.17, 15) is 9.18 Å². The van der Waals surface area contributed by atoms with E-state index in [1.165, 1.54) is 6.07 Å². The fourth-order valence-corrected chi connectivity index (χ4v) is 4.04. The lowest BCUT2D eigenvalue weighted by molar-refractivity contribution is -0.139. The van der Waals surface area contributed by atoms with Crippen molar-refractivity contribution in [3.8, 4) is 5.75 Å². The van der Waals surface area contributed by atoms with Gasteiger partial charge in [-0.25, -0.2) is 4.39 Å². The van der Waals surface area contributed by atoms with E-state index in [2.05, 4.69) is 15.9 Å². The molecule has 1 N–H and O–H groups in total. The van der Waals surface area contributed by atoms with Crippen molar-refractivity contribution in [2.75, 3.05) is 0 Å². The van der Waals surface area contributed by atoms with Gasteiger partial charge < -0.3 is 9.84 Å². The zero-order valence-corrected chi connectivity index (χ0v) is 13.7. The molecule has 0 heterocycles. The highest BCUT2D eigenvalue weighted by atomic mass is 79.9. The van der Waals surface area contributed by atoms with Crippen molar-refractivity contribution in [2.45, 2.75) is 18.9 Å². The first kappa shape index (κ1) is 14.7. The number of carbonyl (C=O) groups is 1. The molecule has 0 amide bonds. The Morgan fingerprint density at radius 2 is 2.13 bits per heavy atom. The third-order valence-electron chi connectivity index (χ3n) is 4.78. The fourth-order valence-electron chi connectivity index (χ4n) is 3.63. The van der Waals surface area contributed by atoms with Crippen LogP contribution in [0.3, 0.4) is 0 Å². The average Bonchev–Trinajstić information content (AvgIpc) is 3.11. The smallest absolute Gasteiger partial charge is 0.307 e. The number of carboxylic acid groups (broad SMARTS) is 1. The molecule has 1 fully saturated rings. The van der Waals surface area contributed by atoms with Crippen LogP contribution in [-0.4, -0.2) is 11.1 Å². The van der Waals surface area contributed by atoms with E-state index in [0.29, 0.717) is 11.3 Å². The van der Waals surface area contributed by atoms with Crippen LogP contribution < -0.4 is 4.74 Å². The maximum atomic E-state index is 13.7. The molecule has 0 aromatic heterocycles. The summed E-state index contributed by atoms with van der Waals surface area (Å²) in [7, 11) is 0. The molecule has 0 aliphatic heterocycles. The Labute approximate surface area is 141 Å². The van der Waals surface area contributed by atoms with Crippen molar-refractivity contribution >= 4 is 21.9 Å². The van der Waals surface area contributed by atoms with Gasteiger partial charge in [0.2, 0.25) is 0 Å². The lowest BCUT2D eigenvalue weighted by Crippen LogP contribution is -2.05. The average molecular weight is 377 g/mol. The van der Waals surface area contributed by atoms with E-state index in [0.717, 1.165) is 22.0 Å². The Hall–Kier alpha value is -1.88. The van der Waals surface area contributed by atoms with Gasteiger partial charge in [0.25, 0.3) is 0 Å². The first-order valence-corrected chi connectivity index (χ1v) is 8.26. The lowest BCUT2D eigenvalue weighted by atomic mass is 10.0. The maximum Gasteiger partial charge on any atom is 0.307 e. The van der Waals surface area contributed by atoms with Crippen LogP contribution in [-0.2, 0) is 17.8 Å². The maximum absolute atomic E-state index is 13.7. The monoisotopic (exact) mass is 376 g/mol. The first-order valence-electron chi connectivity index (χ1n) is 7.47. The Morgan fingerprint density at radius 1 is 1.30 bits per heavy atom. The topological polar surface area (TPSA) is 46.5 Å². The molecule has 2 aliphatic carbocycles. The number of benzene rings is 2. The van der Waals surface area contributed by atoms with E-state index >= 15 is 0 Å². The Balaban J connectivity index is 1.48. The van der Waals surface area contributed by atoms with Crippen LogP contribution >= 0.6 is 15.9 Å². The van der Waals surface area contributed by atoms with Crippen molar-refractivity contribution in [3.05, 3.63) is 63.4 Å². The van der Waals surface area contributed by atoms with Crippen LogP contribution in [0.1, 0.15) is 22.6 Å². The molecule has 4 rings (SSSR count). The lowest BCUT2D eigenvalue weighted by Gasteiger charge is -2.11. The molecular weight excluding hydrogens is 363 g/mol. The van der Waals surface area contributed by atoms with E-state index in [1.54, 1.807) is 12.1 Å². The Bertz CT molecular complexity index is 805. The molecule has 23 heavy (non-hydrogen) atoms. The summed E-state index contributed by atoms with van der Waals surface area (Å²) in [6.45, 7) is 0.161. The zero-order valence-electron chi connectivity index (χ0n) is 12.1. The van der Waals surface area contributed by atoms with Gasteiger partial charge in [0.15, 0.2) is 0 Å². The highest BCUT2D eigenvalue weighted by molar-refractivity contribution is 9.10. The van der Waals surface area contributed by atoms with Gasteiger partial charge in [-0.1, -0.05) is 22.0 Å². The number of halogens is 2. The van der Waals surface area contributed by atoms with Crippen molar-refractivity contribution in [1.29, 1.82) is 0 Å². The number of carboxylic acids is 1. The summed E-state index contributed by atoms with van der Waals surface area (Å²) < 4.78 is 20.2. The summed E-state index contributed by atoms with van der Waals surface area (Å²) in [4.78, 5) is 11.1. The summed E-state index contributed by atoms with van der Waals surface area (Å²) in [5.41, 5.74) is 2.78. The van der Waals surface area contributed by atoms with Crippen LogP contribution in [0.25, 0.3) is 0 Å². The van der Waals surface area contributed by atoms with Gasteiger partial charge in [-0.2, -0.15) is 0 Å². The third-order valence-corrected chi connectivity index (χ3v) is 5.28. The Morgan fingerprint density at radius 3 is 2.91 bits per heavy atom. The van der Waals surface area contributed by atoms with Gasteiger partial charge in [0.1, 0.15) is 18.2 Å². The zero-order chi connectivity index (χ0) is 16.1. The van der Waals surface area contributed by atoms with E-state index < -0.39 is 5.97 Å². The number of hydrogen-bond donors (Lipinski definition) is 1. The van der Waals surface area contributed by atoms with Crippen molar-refractivity contribution in [3.63, 3.8) is 0 Å². The third kappa shape index (κ3) is 2.53. The molecule has 0 radical (unpaired) electrons. The molecule has 3 atom stereocenters. The summed E-state index contributed by atoms with van der Waals surface area (Å²) in [5, 5.41) is 9.13. The van der Waals surface area contributed by atoms with Crippen LogP contribution in [0.15, 0.2) is 40.9 Å². The van der Waals surface area contributed by atoms with Gasteiger partial charge in [0, 0.05) is 16.0 Å². The summed E-state index contributed by atoms with van der Waals surface area (Å²) in [5.74, 6) is -0.114. The minimum absolute atomic E-state index is 0.161. The highest BCUT2D eigenvalue weighted by Gasteiger charge is 2.59.